The van der Waals surface area contributed by atoms with Crippen LogP contribution in [-0.4, -0.2) is 16.9 Å². The SMILES string of the molecule is CC[C@@H](Nc1cc(Cl)cc(Cl)c1)C(=O)Nc1nccs1. The molecule has 0 unspecified atom stereocenters. The van der Waals surface area contributed by atoms with Crippen molar-refractivity contribution in [2.75, 3.05) is 10.6 Å². The number of thiazole rings is 1. The van der Waals surface area contributed by atoms with Crippen LogP contribution in [0.5, 0.6) is 0 Å². The van der Waals surface area contributed by atoms with E-state index in [-0.39, 0.29) is 11.9 Å². The Hall–Kier alpha value is -1.30. The van der Waals surface area contributed by atoms with Gasteiger partial charge in [0.25, 0.3) is 0 Å². The van der Waals surface area contributed by atoms with E-state index in [1.54, 1.807) is 29.8 Å². The third-order valence-corrected chi connectivity index (χ3v) is 3.72. The number of nitrogens with one attached hydrogen (secondary N) is 2. The second-order valence-corrected chi connectivity index (χ2v) is 5.86. The minimum Gasteiger partial charge on any atom is -0.374 e. The van der Waals surface area contributed by atoms with E-state index in [0.717, 1.165) is 0 Å². The molecule has 1 heterocycles. The highest BCUT2D eigenvalue weighted by Crippen LogP contribution is 2.23. The summed E-state index contributed by atoms with van der Waals surface area (Å²) in [5.74, 6) is -0.140. The van der Waals surface area contributed by atoms with Gasteiger partial charge in [-0.2, -0.15) is 0 Å². The minimum absolute atomic E-state index is 0.140. The largest absolute Gasteiger partial charge is 0.374 e. The van der Waals surface area contributed by atoms with Gasteiger partial charge in [0.2, 0.25) is 5.91 Å². The van der Waals surface area contributed by atoms with Crippen LogP contribution in [0, 0.1) is 0 Å². The molecule has 0 spiro atoms. The Morgan fingerprint density at radius 1 is 1.35 bits per heavy atom. The quantitative estimate of drug-likeness (QED) is 0.860. The maximum absolute atomic E-state index is 12.1. The van der Waals surface area contributed by atoms with Gasteiger partial charge in [-0.3, -0.25) is 4.79 Å². The van der Waals surface area contributed by atoms with Crippen molar-refractivity contribution in [2.45, 2.75) is 19.4 Å². The second kappa shape index (κ2) is 6.92. The number of carbonyl (C=O) groups excluding carboxylic acids is 1. The highest BCUT2D eigenvalue weighted by atomic mass is 35.5. The van der Waals surface area contributed by atoms with Gasteiger partial charge in [0.1, 0.15) is 6.04 Å². The van der Waals surface area contributed by atoms with Crippen LogP contribution in [0.2, 0.25) is 10.0 Å². The third-order valence-electron chi connectivity index (χ3n) is 2.59. The lowest BCUT2D eigenvalue weighted by molar-refractivity contribution is -0.116. The topological polar surface area (TPSA) is 54.0 Å². The first-order valence-corrected chi connectivity index (χ1v) is 7.65. The van der Waals surface area contributed by atoms with Gasteiger partial charge in [-0.15, -0.1) is 11.3 Å². The summed E-state index contributed by atoms with van der Waals surface area (Å²) in [5, 5.41) is 9.32. The van der Waals surface area contributed by atoms with Crippen molar-refractivity contribution in [3.05, 3.63) is 39.8 Å². The zero-order chi connectivity index (χ0) is 14.5. The highest BCUT2D eigenvalue weighted by molar-refractivity contribution is 7.13. The van der Waals surface area contributed by atoms with Crippen LogP contribution in [-0.2, 0) is 4.79 Å². The first-order chi connectivity index (χ1) is 9.58. The number of rotatable bonds is 5. The van der Waals surface area contributed by atoms with Crippen molar-refractivity contribution in [3.63, 3.8) is 0 Å². The van der Waals surface area contributed by atoms with E-state index in [1.807, 2.05) is 6.92 Å². The van der Waals surface area contributed by atoms with Gasteiger partial charge in [-0.1, -0.05) is 30.1 Å². The highest BCUT2D eigenvalue weighted by Gasteiger charge is 2.17. The van der Waals surface area contributed by atoms with Crippen LogP contribution in [0.1, 0.15) is 13.3 Å². The van der Waals surface area contributed by atoms with Crippen molar-refractivity contribution in [1.29, 1.82) is 0 Å². The monoisotopic (exact) mass is 329 g/mol. The predicted octanol–water partition coefficient (Wildman–Crippen LogP) is 4.28. The first-order valence-electron chi connectivity index (χ1n) is 6.01. The lowest BCUT2D eigenvalue weighted by Gasteiger charge is -2.17. The molecule has 1 amide bonds. The maximum Gasteiger partial charge on any atom is 0.248 e. The molecule has 0 aliphatic rings. The molecular weight excluding hydrogens is 317 g/mol. The summed E-state index contributed by atoms with van der Waals surface area (Å²) in [6.45, 7) is 1.92. The minimum atomic E-state index is -0.381. The van der Waals surface area contributed by atoms with Gasteiger partial charge in [-0.05, 0) is 24.6 Å². The second-order valence-electron chi connectivity index (χ2n) is 4.09. The fraction of sp³-hybridized carbons (Fsp3) is 0.231. The Morgan fingerprint density at radius 3 is 2.60 bits per heavy atom. The van der Waals surface area contributed by atoms with E-state index in [2.05, 4.69) is 15.6 Å². The third kappa shape index (κ3) is 4.10. The van der Waals surface area contributed by atoms with Crippen molar-refractivity contribution in [1.82, 2.24) is 4.98 Å². The van der Waals surface area contributed by atoms with Gasteiger partial charge >= 0.3 is 0 Å². The van der Waals surface area contributed by atoms with Crippen molar-refractivity contribution >= 4 is 51.3 Å². The number of amides is 1. The zero-order valence-electron chi connectivity index (χ0n) is 10.7. The number of halogens is 2. The van der Waals surface area contributed by atoms with Gasteiger partial charge in [0.15, 0.2) is 5.13 Å². The predicted molar refractivity (Wildman–Crippen MR) is 84.9 cm³/mol. The summed E-state index contributed by atoms with van der Waals surface area (Å²) >= 11 is 13.3. The normalized spacial score (nSPS) is 11.9. The Morgan fingerprint density at radius 2 is 2.05 bits per heavy atom. The number of anilines is 2. The Bertz CT molecular complexity index is 569. The number of hydrogen-bond donors (Lipinski definition) is 2. The summed E-state index contributed by atoms with van der Waals surface area (Å²) in [6, 6.07) is 4.72. The van der Waals surface area contributed by atoms with E-state index >= 15 is 0 Å². The number of carbonyl (C=O) groups is 1. The average molecular weight is 330 g/mol. The lowest BCUT2D eigenvalue weighted by atomic mass is 10.2. The van der Waals surface area contributed by atoms with Crippen LogP contribution in [0.4, 0.5) is 10.8 Å². The van der Waals surface area contributed by atoms with E-state index < -0.39 is 0 Å². The summed E-state index contributed by atoms with van der Waals surface area (Å²) < 4.78 is 0. The van der Waals surface area contributed by atoms with E-state index in [1.165, 1.54) is 11.3 Å². The molecule has 0 aliphatic heterocycles. The molecule has 2 N–H and O–H groups in total. The fourth-order valence-electron chi connectivity index (χ4n) is 1.67. The number of nitrogens with zero attached hydrogens (tertiary/aromatic N) is 1. The smallest absolute Gasteiger partial charge is 0.248 e. The van der Waals surface area contributed by atoms with E-state index in [4.69, 9.17) is 23.2 Å². The molecule has 20 heavy (non-hydrogen) atoms. The Kier molecular flexibility index (Phi) is 5.23. The van der Waals surface area contributed by atoms with Crippen molar-refractivity contribution in [2.24, 2.45) is 0 Å². The van der Waals surface area contributed by atoms with Gasteiger partial charge < -0.3 is 10.6 Å². The molecule has 2 rings (SSSR count). The number of aromatic nitrogens is 1. The molecule has 0 saturated heterocycles. The van der Waals surface area contributed by atoms with Crippen LogP contribution >= 0.6 is 34.5 Å². The number of benzene rings is 1. The molecule has 1 aromatic carbocycles. The van der Waals surface area contributed by atoms with Gasteiger partial charge in [0, 0.05) is 27.3 Å². The van der Waals surface area contributed by atoms with Gasteiger partial charge in [0.05, 0.1) is 0 Å². The van der Waals surface area contributed by atoms with Crippen LogP contribution in [0.15, 0.2) is 29.8 Å². The summed E-state index contributed by atoms with van der Waals surface area (Å²) in [7, 11) is 0. The summed E-state index contributed by atoms with van der Waals surface area (Å²) in [4.78, 5) is 16.2. The average Bonchev–Trinajstić information content (AvgIpc) is 2.87. The van der Waals surface area contributed by atoms with Crippen molar-refractivity contribution < 1.29 is 4.79 Å². The van der Waals surface area contributed by atoms with Crippen LogP contribution < -0.4 is 10.6 Å². The van der Waals surface area contributed by atoms with Crippen molar-refractivity contribution in [3.8, 4) is 0 Å². The standard InChI is InChI=1S/C13H13Cl2N3OS/c1-2-11(12(19)18-13-16-3-4-20-13)17-10-6-8(14)5-9(15)7-10/h3-7,11,17H,2H2,1H3,(H,16,18,19)/t11-/m1/s1. The Labute approximate surface area is 131 Å². The maximum atomic E-state index is 12.1. The molecular formula is C13H13Cl2N3OS. The molecule has 1 atom stereocenters. The summed E-state index contributed by atoms with van der Waals surface area (Å²) in [5.41, 5.74) is 0.712. The molecule has 0 aliphatic carbocycles. The first kappa shape index (κ1) is 15.1. The Balaban J connectivity index is 2.06. The molecule has 4 nitrogen and oxygen atoms in total. The van der Waals surface area contributed by atoms with E-state index in [9.17, 15) is 4.79 Å². The molecule has 1 aromatic heterocycles. The lowest BCUT2D eigenvalue weighted by Crippen LogP contribution is -2.34. The molecule has 2 aromatic rings. The molecule has 0 bridgehead atoms. The van der Waals surface area contributed by atoms with Crippen LogP contribution in [0.3, 0.4) is 0 Å². The van der Waals surface area contributed by atoms with Crippen LogP contribution in [0.25, 0.3) is 0 Å². The summed E-state index contributed by atoms with van der Waals surface area (Å²) in [6.07, 6.45) is 2.27. The fourth-order valence-corrected chi connectivity index (χ4v) is 2.73. The molecule has 0 saturated carbocycles. The molecule has 0 radical (unpaired) electrons. The van der Waals surface area contributed by atoms with Gasteiger partial charge in [-0.25, -0.2) is 4.98 Å². The van der Waals surface area contributed by atoms with E-state index in [0.29, 0.717) is 27.3 Å². The molecule has 106 valence electrons. The number of hydrogen-bond acceptors (Lipinski definition) is 4. The molecule has 7 heteroatoms. The molecule has 0 fully saturated rings. The zero-order valence-corrected chi connectivity index (χ0v) is 13.0.